The van der Waals surface area contributed by atoms with Crippen LogP contribution in [-0.2, 0) is 13.1 Å². The summed E-state index contributed by atoms with van der Waals surface area (Å²) in [6.45, 7) is 1.97. The first kappa shape index (κ1) is 21.6. The standard InChI is InChI=1S/C25H24F2N8/c26-25(27)5-9-32(10-6-25)14-19-3-4-24-29-21(16-34(24)15-19)17-35-18-23(30-31-35)20-11-22(13-28-12-20)33-7-1-2-8-33/h1-4,7-8,11-13,15-16,18H,5-6,9-10,14,17H2. The molecule has 35 heavy (non-hydrogen) atoms. The third-order valence-electron chi connectivity index (χ3n) is 6.34. The number of fused-ring (bicyclic) bond motifs is 1. The number of halogens is 2. The second-order valence-corrected chi connectivity index (χ2v) is 8.99. The predicted octanol–water partition coefficient (Wildman–Crippen LogP) is 4.06. The van der Waals surface area contributed by atoms with Crippen molar-refractivity contribution in [1.29, 1.82) is 0 Å². The van der Waals surface area contributed by atoms with E-state index < -0.39 is 5.92 Å². The summed E-state index contributed by atoms with van der Waals surface area (Å²) in [7, 11) is 0. The lowest BCUT2D eigenvalue weighted by Gasteiger charge is -2.31. The molecule has 0 saturated carbocycles. The lowest BCUT2D eigenvalue weighted by atomic mass is 10.1. The van der Waals surface area contributed by atoms with Crippen LogP contribution >= 0.6 is 0 Å². The summed E-state index contributed by atoms with van der Waals surface area (Å²) in [5.74, 6) is -2.52. The van der Waals surface area contributed by atoms with Crippen LogP contribution in [-0.4, -0.2) is 57.8 Å². The zero-order chi connectivity index (χ0) is 23.8. The number of hydrogen-bond donors (Lipinski definition) is 0. The van der Waals surface area contributed by atoms with Gasteiger partial charge < -0.3 is 8.97 Å². The van der Waals surface area contributed by atoms with Gasteiger partial charge in [-0.05, 0) is 29.8 Å². The number of nitrogens with zero attached hydrogens (tertiary/aromatic N) is 8. The first-order valence-electron chi connectivity index (χ1n) is 11.6. The Bertz CT molecular complexity index is 1440. The number of piperidine rings is 1. The fourth-order valence-electron chi connectivity index (χ4n) is 4.45. The number of pyridine rings is 2. The van der Waals surface area contributed by atoms with Crippen LogP contribution in [0.25, 0.3) is 22.6 Å². The third kappa shape index (κ3) is 4.69. The van der Waals surface area contributed by atoms with Crippen LogP contribution in [0.1, 0.15) is 24.1 Å². The van der Waals surface area contributed by atoms with E-state index in [1.165, 1.54) is 0 Å². The summed E-state index contributed by atoms with van der Waals surface area (Å²) >= 11 is 0. The van der Waals surface area contributed by atoms with E-state index in [1.54, 1.807) is 17.1 Å². The van der Waals surface area contributed by atoms with Gasteiger partial charge in [-0.1, -0.05) is 11.3 Å². The number of likely N-dealkylation sites (tertiary alicyclic amines) is 1. The Labute approximate surface area is 200 Å². The van der Waals surface area contributed by atoms with Crippen molar-refractivity contribution in [3.63, 3.8) is 0 Å². The zero-order valence-corrected chi connectivity index (χ0v) is 19.0. The van der Waals surface area contributed by atoms with Gasteiger partial charge in [0.15, 0.2) is 0 Å². The van der Waals surface area contributed by atoms with E-state index in [2.05, 4.69) is 20.2 Å². The van der Waals surface area contributed by atoms with Crippen molar-refractivity contribution in [3.8, 4) is 16.9 Å². The van der Waals surface area contributed by atoms with E-state index in [1.807, 2.05) is 70.3 Å². The Morgan fingerprint density at radius 1 is 0.943 bits per heavy atom. The highest BCUT2D eigenvalue weighted by Gasteiger charge is 2.33. The van der Waals surface area contributed by atoms with E-state index >= 15 is 0 Å². The number of rotatable bonds is 6. The van der Waals surface area contributed by atoms with Crippen LogP contribution in [0.4, 0.5) is 8.78 Å². The van der Waals surface area contributed by atoms with E-state index in [9.17, 15) is 8.78 Å². The van der Waals surface area contributed by atoms with Crippen LogP contribution in [0.5, 0.6) is 0 Å². The highest BCUT2D eigenvalue weighted by Crippen LogP contribution is 2.28. The van der Waals surface area contributed by atoms with E-state index in [4.69, 9.17) is 4.98 Å². The van der Waals surface area contributed by atoms with Crippen molar-refractivity contribution in [2.24, 2.45) is 0 Å². The average molecular weight is 475 g/mol. The van der Waals surface area contributed by atoms with E-state index in [0.29, 0.717) is 26.2 Å². The van der Waals surface area contributed by atoms with E-state index in [-0.39, 0.29) is 12.8 Å². The summed E-state index contributed by atoms with van der Waals surface area (Å²) < 4.78 is 32.6. The second kappa shape index (κ2) is 8.70. The van der Waals surface area contributed by atoms with Gasteiger partial charge in [-0.2, -0.15) is 0 Å². The molecule has 6 rings (SSSR count). The molecule has 1 aliphatic rings. The molecule has 0 aliphatic carbocycles. The van der Waals surface area contributed by atoms with Gasteiger partial charge in [0.05, 0.1) is 30.3 Å². The molecule has 10 heteroatoms. The number of alkyl halides is 2. The van der Waals surface area contributed by atoms with Gasteiger partial charge in [0.2, 0.25) is 0 Å². The van der Waals surface area contributed by atoms with Gasteiger partial charge in [0, 0.05) is 69.0 Å². The summed E-state index contributed by atoms with van der Waals surface area (Å²) in [5, 5.41) is 8.59. The molecule has 1 aliphatic heterocycles. The van der Waals surface area contributed by atoms with Crippen molar-refractivity contribution >= 4 is 5.65 Å². The molecule has 5 aromatic rings. The predicted molar refractivity (Wildman–Crippen MR) is 126 cm³/mol. The van der Waals surface area contributed by atoms with Crippen molar-refractivity contribution in [1.82, 2.24) is 38.8 Å². The normalized spacial score (nSPS) is 16.2. The van der Waals surface area contributed by atoms with Crippen molar-refractivity contribution < 1.29 is 8.78 Å². The SMILES string of the molecule is FC1(F)CCN(Cc2ccc3nc(Cn4cc(-c5cncc(-n6cccc6)c5)nn4)cn3c2)CC1. The molecule has 0 atom stereocenters. The summed E-state index contributed by atoms with van der Waals surface area (Å²) in [6, 6.07) is 9.93. The lowest BCUT2D eigenvalue weighted by Crippen LogP contribution is -2.38. The molecule has 0 radical (unpaired) electrons. The highest BCUT2D eigenvalue weighted by atomic mass is 19.3. The van der Waals surface area contributed by atoms with Gasteiger partial charge in [-0.25, -0.2) is 18.4 Å². The molecule has 0 unspecified atom stereocenters. The maximum Gasteiger partial charge on any atom is 0.250 e. The molecule has 178 valence electrons. The molecule has 6 heterocycles. The number of imidazole rings is 1. The highest BCUT2D eigenvalue weighted by molar-refractivity contribution is 5.59. The summed E-state index contributed by atoms with van der Waals surface area (Å²) in [6.07, 6.45) is 13.3. The van der Waals surface area contributed by atoms with Gasteiger partial charge in [-0.15, -0.1) is 5.10 Å². The minimum Gasteiger partial charge on any atom is -0.322 e. The molecular weight excluding hydrogens is 450 g/mol. The molecule has 5 aromatic heterocycles. The van der Waals surface area contributed by atoms with Crippen LogP contribution in [0, 0.1) is 0 Å². The second-order valence-electron chi connectivity index (χ2n) is 8.99. The molecule has 8 nitrogen and oxygen atoms in total. The lowest BCUT2D eigenvalue weighted by molar-refractivity contribution is -0.0566. The van der Waals surface area contributed by atoms with Crippen LogP contribution in [0.2, 0.25) is 0 Å². The van der Waals surface area contributed by atoms with Gasteiger partial charge >= 0.3 is 0 Å². The quantitative estimate of drug-likeness (QED) is 0.371. The summed E-state index contributed by atoms with van der Waals surface area (Å²) in [5.41, 5.74) is 5.34. The van der Waals surface area contributed by atoms with Crippen LogP contribution in [0.15, 0.2) is 73.7 Å². The molecule has 0 N–H and O–H groups in total. The Kier molecular flexibility index (Phi) is 5.37. The van der Waals surface area contributed by atoms with Gasteiger partial charge in [0.25, 0.3) is 5.92 Å². The molecule has 0 bridgehead atoms. The Balaban J connectivity index is 1.15. The van der Waals surface area contributed by atoms with Gasteiger partial charge in [0.1, 0.15) is 11.3 Å². The van der Waals surface area contributed by atoms with Crippen molar-refractivity contribution in [3.05, 3.63) is 85.0 Å². The Hall–Kier alpha value is -3.92. The maximum absolute atomic E-state index is 13.4. The third-order valence-corrected chi connectivity index (χ3v) is 6.34. The van der Waals surface area contributed by atoms with Crippen LogP contribution in [0.3, 0.4) is 0 Å². The molecule has 0 amide bonds. The van der Waals surface area contributed by atoms with Gasteiger partial charge in [-0.3, -0.25) is 9.88 Å². The first-order chi connectivity index (χ1) is 17.0. The van der Waals surface area contributed by atoms with E-state index in [0.717, 1.165) is 33.8 Å². The number of hydrogen-bond acceptors (Lipinski definition) is 5. The minimum atomic E-state index is -2.52. The number of aromatic nitrogens is 7. The topological polar surface area (TPSA) is 69.1 Å². The van der Waals surface area contributed by atoms with Crippen molar-refractivity contribution in [2.75, 3.05) is 13.1 Å². The fraction of sp³-hybridized carbons (Fsp3) is 0.280. The van der Waals surface area contributed by atoms with Crippen LogP contribution < -0.4 is 0 Å². The first-order valence-corrected chi connectivity index (χ1v) is 11.6. The molecule has 0 aromatic carbocycles. The monoisotopic (exact) mass is 474 g/mol. The maximum atomic E-state index is 13.4. The minimum absolute atomic E-state index is 0.0724. The zero-order valence-electron chi connectivity index (χ0n) is 19.0. The molecule has 1 fully saturated rings. The average Bonchev–Trinajstić information content (AvgIpc) is 3.62. The Morgan fingerprint density at radius 2 is 1.77 bits per heavy atom. The fourth-order valence-corrected chi connectivity index (χ4v) is 4.45. The molecule has 1 saturated heterocycles. The molecular formula is C25H24F2N8. The summed E-state index contributed by atoms with van der Waals surface area (Å²) in [4.78, 5) is 11.1. The smallest absolute Gasteiger partial charge is 0.250 e. The molecule has 0 spiro atoms. The largest absolute Gasteiger partial charge is 0.322 e. The van der Waals surface area contributed by atoms with Crippen molar-refractivity contribution in [2.45, 2.75) is 31.9 Å². The Morgan fingerprint density at radius 3 is 2.60 bits per heavy atom.